The molecule has 0 aromatic heterocycles. The first kappa shape index (κ1) is 13.2. The Bertz CT molecular complexity index is 570. The van der Waals surface area contributed by atoms with Crippen molar-refractivity contribution in [2.45, 2.75) is 12.8 Å². The quantitative estimate of drug-likeness (QED) is 0.693. The van der Waals surface area contributed by atoms with Gasteiger partial charge in [0, 0.05) is 10.6 Å². The lowest BCUT2D eigenvalue weighted by atomic mass is 10.2. The highest BCUT2D eigenvalue weighted by molar-refractivity contribution is 6.30. The second-order valence-electron chi connectivity index (χ2n) is 3.92. The number of halogens is 3. The largest absolute Gasteiger partial charge is 0.454 e. The summed E-state index contributed by atoms with van der Waals surface area (Å²) in [6.45, 7) is 1.87. The van der Waals surface area contributed by atoms with E-state index in [1.165, 1.54) is 6.07 Å². The number of ether oxygens (including phenoxy) is 1. The zero-order chi connectivity index (χ0) is 13.1. The Labute approximate surface area is 115 Å². The van der Waals surface area contributed by atoms with Crippen molar-refractivity contribution in [2.24, 2.45) is 0 Å². The number of aryl methyl sites for hydroxylation is 1. The Morgan fingerprint density at radius 3 is 2.61 bits per heavy atom. The van der Waals surface area contributed by atoms with Crippen LogP contribution < -0.4 is 4.74 Å². The minimum absolute atomic E-state index is 0.184. The molecule has 4 heteroatoms. The maximum atomic E-state index is 13.6. The van der Waals surface area contributed by atoms with Gasteiger partial charge >= 0.3 is 0 Å². The number of benzene rings is 2. The third kappa shape index (κ3) is 2.95. The number of hydrogen-bond acceptors (Lipinski definition) is 1. The molecular formula is C14H11Cl2FO. The lowest BCUT2D eigenvalue weighted by molar-refractivity contribution is 0.439. The molecule has 2 aromatic rings. The van der Waals surface area contributed by atoms with Crippen molar-refractivity contribution in [1.29, 1.82) is 0 Å². The summed E-state index contributed by atoms with van der Waals surface area (Å²) in [5, 5.41) is 0.572. The van der Waals surface area contributed by atoms with Crippen molar-refractivity contribution in [3.05, 3.63) is 58.4 Å². The third-order valence-electron chi connectivity index (χ3n) is 2.47. The van der Waals surface area contributed by atoms with Crippen molar-refractivity contribution < 1.29 is 9.13 Å². The van der Waals surface area contributed by atoms with E-state index in [0.717, 1.165) is 11.1 Å². The molecule has 2 rings (SSSR count). The molecule has 94 valence electrons. The van der Waals surface area contributed by atoms with E-state index in [4.69, 9.17) is 27.9 Å². The molecule has 0 atom stereocenters. The van der Waals surface area contributed by atoms with E-state index in [9.17, 15) is 4.39 Å². The maximum absolute atomic E-state index is 13.6. The lowest BCUT2D eigenvalue weighted by Crippen LogP contribution is -1.92. The van der Waals surface area contributed by atoms with E-state index in [1.807, 2.05) is 6.92 Å². The fourth-order valence-corrected chi connectivity index (χ4v) is 1.96. The standard InChI is InChI=1S/C14H11Cl2FO/c1-9-2-4-12(17)14(6-9)18-13-5-3-11(16)7-10(13)8-15/h2-7H,8H2,1H3. The van der Waals surface area contributed by atoms with Crippen LogP contribution >= 0.6 is 23.2 Å². The third-order valence-corrected chi connectivity index (χ3v) is 3.00. The molecule has 0 heterocycles. The zero-order valence-corrected chi connectivity index (χ0v) is 11.2. The summed E-state index contributed by atoms with van der Waals surface area (Å²) in [5.41, 5.74) is 1.65. The van der Waals surface area contributed by atoms with Crippen LogP contribution in [0.3, 0.4) is 0 Å². The molecule has 0 aliphatic rings. The van der Waals surface area contributed by atoms with Crippen molar-refractivity contribution >= 4 is 23.2 Å². The molecule has 2 aromatic carbocycles. The van der Waals surface area contributed by atoms with Gasteiger partial charge in [-0.3, -0.25) is 0 Å². The van der Waals surface area contributed by atoms with E-state index in [2.05, 4.69) is 0 Å². The van der Waals surface area contributed by atoms with Crippen LogP contribution in [-0.4, -0.2) is 0 Å². The van der Waals surface area contributed by atoms with E-state index in [-0.39, 0.29) is 11.6 Å². The summed E-state index contributed by atoms with van der Waals surface area (Å²) in [7, 11) is 0. The van der Waals surface area contributed by atoms with Gasteiger partial charge in [0.25, 0.3) is 0 Å². The van der Waals surface area contributed by atoms with Crippen LogP contribution in [0.4, 0.5) is 4.39 Å². The summed E-state index contributed by atoms with van der Waals surface area (Å²) >= 11 is 11.7. The number of alkyl halides is 1. The normalized spacial score (nSPS) is 10.4. The smallest absolute Gasteiger partial charge is 0.165 e. The van der Waals surface area contributed by atoms with Gasteiger partial charge in [-0.05, 0) is 42.8 Å². The Morgan fingerprint density at radius 2 is 1.89 bits per heavy atom. The molecule has 0 saturated heterocycles. The summed E-state index contributed by atoms with van der Waals surface area (Å²) in [4.78, 5) is 0. The molecule has 0 amide bonds. The lowest BCUT2D eigenvalue weighted by Gasteiger charge is -2.11. The molecular weight excluding hydrogens is 274 g/mol. The molecule has 18 heavy (non-hydrogen) atoms. The minimum Gasteiger partial charge on any atom is -0.454 e. The Kier molecular flexibility index (Phi) is 4.10. The van der Waals surface area contributed by atoms with Gasteiger partial charge in [0.15, 0.2) is 11.6 Å². The van der Waals surface area contributed by atoms with Gasteiger partial charge in [-0.1, -0.05) is 17.7 Å². The van der Waals surface area contributed by atoms with Crippen LogP contribution in [-0.2, 0) is 5.88 Å². The van der Waals surface area contributed by atoms with Gasteiger partial charge < -0.3 is 4.74 Å². The maximum Gasteiger partial charge on any atom is 0.165 e. The molecule has 0 bridgehead atoms. The highest BCUT2D eigenvalue weighted by atomic mass is 35.5. The van der Waals surface area contributed by atoms with Crippen LogP contribution in [0.25, 0.3) is 0 Å². The topological polar surface area (TPSA) is 9.23 Å². The fourth-order valence-electron chi connectivity index (χ4n) is 1.56. The summed E-state index contributed by atoms with van der Waals surface area (Å²) in [6, 6.07) is 9.77. The predicted molar refractivity (Wildman–Crippen MR) is 72.2 cm³/mol. The SMILES string of the molecule is Cc1ccc(F)c(Oc2ccc(Cl)cc2CCl)c1. The van der Waals surface area contributed by atoms with Gasteiger partial charge in [0.1, 0.15) is 5.75 Å². The highest BCUT2D eigenvalue weighted by Crippen LogP contribution is 2.30. The molecule has 0 N–H and O–H groups in total. The fraction of sp³-hybridized carbons (Fsp3) is 0.143. The molecule has 0 radical (unpaired) electrons. The second kappa shape index (κ2) is 5.59. The first-order chi connectivity index (χ1) is 8.60. The zero-order valence-electron chi connectivity index (χ0n) is 9.71. The van der Waals surface area contributed by atoms with Crippen LogP contribution in [0.15, 0.2) is 36.4 Å². The van der Waals surface area contributed by atoms with Crippen LogP contribution in [0.1, 0.15) is 11.1 Å². The minimum atomic E-state index is -0.406. The van der Waals surface area contributed by atoms with Crippen molar-refractivity contribution in [2.75, 3.05) is 0 Å². The molecule has 0 unspecified atom stereocenters. The van der Waals surface area contributed by atoms with Crippen molar-refractivity contribution in [1.82, 2.24) is 0 Å². The van der Waals surface area contributed by atoms with Gasteiger partial charge in [0.2, 0.25) is 0 Å². The van der Waals surface area contributed by atoms with Crippen LogP contribution in [0.5, 0.6) is 11.5 Å². The molecule has 0 fully saturated rings. The van der Waals surface area contributed by atoms with Gasteiger partial charge in [0.05, 0.1) is 5.88 Å². The Morgan fingerprint density at radius 1 is 1.11 bits per heavy atom. The van der Waals surface area contributed by atoms with Crippen molar-refractivity contribution in [3.63, 3.8) is 0 Å². The Balaban J connectivity index is 2.36. The predicted octanol–water partition coefficient (Wildman–Crippen LogP) is 5.32. The molecule has 1 nitrogen and oxygen atoms in total. The van der Waals surface area contributed by atoms with E-state index in [0.29, 0.717) is 10.8 Å². The molecule has 0 aliphatic heterocycles. The molecule has 0 aliphatic carbocycles. The van der Waals surface area contributed by atoms with E-state index >= 15 is 0 Å². The van der Waals surface area contributed by atoms with Gasteiger partial charge in [-0.15, -0.1) is 11.6 Å². The number of hydrogen-bond donors (Lipinski definition) is 0. The van der Waals surface area contributed by atoms with Crippen LogP contribution in [0.2, 0.25) is 5.02 Å². The molecule has 0 saturated carbocycles. The summed E-state index contributed by atoms with van der Waals surface area (Å²) in [5.74, 6) is 0.544. The average molecular weight is 285 g/mol. The van der Waals surface area contributed by atoms with Gasteiger partial charge in [-0.2, -0.15) is 0 Å². The summed E-state index contributed by atoms with van der Waals surface area (Å²) < 4.78 is 19.1. The van der Waals surface area contributed by atoms with Gasteiger partial charge in [-0.25, -0.2) is 4.39 Å². The first-order valence-electron chi connectivity index (χ1n) is 5.38. The van der Waals surface area contributed by atoms with Crippen LogP contribution in [0, 0.1) is 12.7 Å². The first-order valence-corrected chi connectivity index (χ1v) is 6.30. The number of rotatable bonds is 3. The van der Waals surface area contributed by atoms with Crippen molar-refractivity contribution in [3.8, 4) is 11.5 Å². The Hall–Kier alpha value is -1.25. The monoisotopic (exact) mass is 284 g/mol. The average Bonchev–Trinajstić information content (AvgIpc) is 2.36. The molecule has 0 spiro atoms. The van der Waals surface area contributed by atoms with E-state index in [1.54, 1.807) is 30.3 Å². The highest BCUT2D eigenvalue weighted by Gasteiger charge is 2.09. The van der Waals surface area contributed by atoms with E-state index < -0.39 is 5.82 Å². The second-order valence-corrected chi connectivity index (χ2v) is 4.63. The summed E-state index contributed by atoms with van der Waals surface area (Å²) in [6.07, 6.45) is 0.